The lowest BCUT2D eigenvalue weighted by molar-refractivity contribution is 0.627. The van der Waals surface area contributed by atoms with Crippen molar-refractivity contribution in [3.05, 3.63) is 75.7 Å². The summed E-state index contributed by atoms with van der Waals surface area (Å²) in [6, 6.07) is 12.5. The number of rotatable bonds is 3. The molecule has 4 rings (SSSR count). The maximum atomic E-state index is 13.2. The van der Waals surface area contributed by atoms with Gasteiger partial charge in [-0.2, -0.15) is 5.10 Å². The molecule has 0 fully saturated rings. The first kappa shape index (κ1) is 17.1. The summed E-state index contributed by atoms with van der Waals surface area (Å²) in [6.45, 7) is 2.99. The Hall–Kier alpha value is -2.33. The molecule has 3 aromatic rings. The predicted octanol–water partition coefficient (Wildman–Crippen LogP) is 5.31. The van der Waals surface area contributed by atoms with Crippen LogP contribution in [-0.4, -0.2) is 16.3 Å². The molecule has 0 amide bonds. The van der Waals surface area contributed by atoms with Crippen molar-refractivity contribution < 1.29 is 4.39 Å². The van der Waals surface area contributed by atoms with Crippen molar-refractivity contribution in [2.24, 2.45) is 0 Å². The van der Waals surface area contributed by atoms with Gasteiger partial charge in [-0.3, -0.25) is 0 Å². The standard InChI is InChI=1S/C21H21ClFN3/c1-14-12-16(22)7-10-20(14)26-21-18(4-2-3-11-24-21)19(25-26)13-15-5-8-17(23)9-6-15/h5-10,12,24H,2-4,11,13H2,1H3. The maximum absolute atomic E-state index is 13.2. The minimum atomic E-state index is -0.212. The molecular formula is C21H21ClFN3. The molecule has 0 saturated heterocycles. The predicted molar refractivity (Wildman–Crippen MR) is 104 cm³/mol. The Morgan fingerprint density at radius 2 is 1.96 bits per heavy atom. The summed E-state index contributed by atoms with van der Waals surface area (Å²) in [5.74, 6) is 0.863. The summed E-state index contributed by atoms with van der Waals surface area (Å²) in [7, 11) is 0. The first-order valence-electron chi connectivity index (χ1n) is 8.97. The zero-order valence-electron chi connectivity index (χ0n) is 14.7. The van der Waals surface area contributed by atoms with Gasteiger partial charge in [-0.15, -0.1) is 0 Å². The van der Waals surface area contributed by atoms with Gasteiger partial charge in [0.1, 0.15) is 11.6 Å². The highest BCUT2D eigenvalue weighted by Gasteiger charge is 2.21. The largest absolute Gasteiger partial charge is 0.370 e. The van der Waals surface area contributed by atoms with Crippen LogP contribution in [0.2, 0.25) is 5.02 Å². The van der Waals surface area contributed by atoms with E-state index in [1.807, 2.05) is 41.9 Å². The molecule has 1 aliphatic rings. The molecule has 1 aliphatic heterocycles. The average molecular weight is 370 g/mol. The number of aromatic nitrogens is 2. The van der Waals surface area contributed by atoms with Crippen LogP contribution in [0.3, 0.4) is 0 Å². The molecule has 0 radical (unpaired) electrons. The molecule has 2 aromatic carbocycles. The van der Waals surface area contributed by atoms with E-state index < -0.39 is 0 Å². The number of hydrogen-bond acceptors (Lipinski definition) is 2. The topological polar surface area (TPSA) is 29.9 Å². The second-order valence-corrected chi connectivity index (χ2v) is 7.24. The van der Waals surface area contributed by atoms with E-state index in [1.54, 1.807) is 0 Å². The van der Waals surface area contributed by atoms with Crippen molar-refractivity contribution in [3.63, 3.8) is 0 Å². The molecule has 0 bridgehead atoms. The van der Waals surface area contributed by atoms with Crippen molar-refractivity contribution in [1.82, 2.24) is 9.78 Å². The molecular weight excluding hydrogens is 349 g/mol. The van der Waals surface area contributed by atoms with Gasteiger partial charge in [0, 0.05) is 23.6 Å². The second kappa shape index (κ2) is 7.12. The molecule has 134 valence electrons. The van der Waals surface area contributed by atoms with Crippen LogP contribution in [0, 0.1) is 12.7 Å². The molecule has 3 nitrogen and oxygen atoms in total. The fourth-order valence-electron chi connectivity index (χ4n) is 3.54. The Morgan fingerprint density at radius 3 is 2.73 bits per heavy atom. The Balaban J connectivity index is 1.79. The summed E-state index contributed by atoms with van der Waals surface area (Å²) >= 11 is 6.12. The third-order valence-electron chi connectivity index (χ3n) is 4.88. The summed E-state index contributed by atoms with van der Waals surface area (Å²) in [5.41, 5.74) is 5.50. The van der Waals surface area contributed by atoms with Crippen LogP contribution in [0.1, 0.15) is 35.2 Å². The normalized spacial score (nSPS) is 13.8. The first-order valence-corrected chi connectivity index (χ1v) is 9.35. The molecule has 26 heavy (non-hydrogen) atoms. The number of halogens is 2. The molecule has 2 heterocycles. The van der Waals surface area contributed by atoms with Crippen molar-refractivity contribution in [1.29, 1.82) is 0 Å². The van der Waals surface area contributed by atoms with Gasteiger partial charge in [0.25, 0.3) is 0 Å². The molecule has 1 N–H and O–H groups in total. The Kier molecular flexibility index (Phi) is 4.68. The van der Waals surface area contributed by atoms with E-state index in [0.29, 0.717) is 6.42 Å². The summed E-state index contributed by atoms with van der Waals surface area (Å²) in [5, 5.41) is 9.21. The van der Waals surface area contributed by atoms with Crippen LogP contribution >= 0.6 is 11.6 Å². The molecule has 0 aliphatic carbocycles. The monoisotopic (exact) mass is 369 g/mol. The average Bonchev–Trinajstić information content (AvgIpc) is 2.80. The van der Waals surface area contributed by atoms with Crippen molar-refractivity contribution >= 4 is 17.4 Å². The Bertz CT molecular complexity index is 931. The molecule has 1 aromatic heterocycles. The fraction of sp³-hybridized carbons (Fsp3) is 0.286. The number of aryl methyl sites for hydroxylation is 1. The lowest BCUT2D eigenvalue weighted by atomic mass is 10.0. The summed E-state index contributed by atoms with van der Waals surface area (Å²) in [4.78, 5) is 0. The van der Waals surface area contributed by atoms with Crippen LogP contribution < -0.4 is 5.32 Å². The van der Waals surface area contributed by atoms with E-state index in [9.17, 15) is 4.39 Å². The summed E-state index contributed by atoms with van der Waals surface area (Å²) < 4.78 is 15.2. The van der Waals surface area contributed by atoms with Crippen LogP contribution in [0.4, 0.5) is 10.2 Å². The highest BCUT2D eigenvalue weighted by atomic mass is 35.5. The molecule has 5 heteroatoms. The smallest absolute Gasteiger partial charge is 0.133 e. The SMILES string of the molecule is Cc1cc(Cl)ccc1-n1nc(Cc2ccc(F)cc2)c2c1NCCCC2. The summed E-state index contributed by atoms with van der Waals surface area (Å²) in [6.07, 6.45) is 3.99. The number of hydrogen-bond donors (Lipinski definition) is 1. The fourth-order valence-corrected chi connectivity index (χ4v) is 3.77. The highest BCUT2D eigenvalue weighted by molar-refractivity contribution is 6.30. The van der Waals surface area contributed by atoms with E-state index in [0.717, 1.165) is 59.2 Å². The van der Waals surface area contributed by atoms with E-state index in [1.165, 1.54) is 17.7 Å². The third-order valence-corrected chi connectivity index (χ3v) is 5.12. The number of anilines is 1. The number of benzene rings is 2. The van der Waals surface area contributed by atoms with Gasteiger partial charge < -0.3 is 5.32 Å². The van der Waals surface area contributed by atoms with E-state index in [-0.39, 0.29) is 5.82 Å². The van der Waals surface area contributed by atoms with Gasteiger partial charge in [0.05, 0.1) is 11.4 Å². The lowest BCUT2D eigenvalue weighted by Crippen LogP contribution is -2.08. The second-order valence-electron chi connectivity index (χ2n) is 6.80. The molecule has 0 saturated carbocycles. The minimum Gasteiger partial charge on any atom is -0.370 e. The number of fused-ring (bicyclic) bond motifs is 1. The molecule has 0 spiro atoms. The van der Waals surface area contributed by atoms with Crippen LogP contribution in [0.15, 0.2) is 42.5 Å². The van der Waals surface area contributed by atoms with E-state index in [4.69, 9.17) is 16.7 Å². The number of nitrogens with one attached hydrogen (secondary N) is 1. The lowest BCUT2D eigenvalue weighted by Gasteiger charge is -2.11. The van der Waals surface area contributed by atoms with Crippen molar-refractivity contribution in [2.75, 3.05) is 11.9 Å². The van der Waals surface area contributed by atoms with Gasteiger partial charge in [0.15, 0.2) is 0 Å². The quantitative estimate of drug-likeness (QED) is 0.677. The van der Waals surface area contributed by atoms with Gasteiger partial charge in [-0.05, 0) is 67.6 Å². The van der Waals surface area contributed by atoms with Crippen LogP contribution in [0.5, 0.6) is 0 Å². The third kappa shape index (κ3) is 3.34. The van der Waals surface area contributed by atoms with Crippen LogP contribution in [0.25, 0.3) is 5.69 Å². The minimum absolute atomic E-state index is 0.212. The van der Waals surface area contributed by atoms with Crippen LogP contribution in [-0.2, 0) is 12.8 Å². The molecule has 0 unspecified atom stereocenters. The van der Waals surface area contributed by atoms with Gasteiger partial charge in [0.2, 0.25) is 0 Å². The van der Waals surface area contributed by atoms with Gasteiger partial charge >= 0.3 is 0 Å². The highest BCUT2D eigenvalue weighted by Crippen LogP contribution is 2.31. The Labute approximate surface area is 157 Å². The van der Waals surface area contributed by atoms with E-state index in [2.05, 4.69) is 5.32 Å². The maximum Gasteiger partial charge on any atom is 0.133 e. The Morgan fingerprint density at radius 1 is 1.15 bits per heavy atom. The number of nitrogens with zero attached hydrogens (tertiary/aromatic N) is 2. The zero-order chi connectivity index (χ0) is 18.1. The van der Waals surface area contributed by atoms with Crippen molar-refractivity contribution in [2.45, 2.75) is 32.6 Å². The van der Waals surface area contributed by atoms with Gasteiger partial charge in [-0.1, -0.05) is 23.7 Å². The molecule has 0 atom stereocenters. The van der Waals surface area contributed by atoms with E-state index >= 15 is 0 Å². The van der Waals surface area contributed by atoms with Crippen molar-refractivity contribution in [3.8, 4) is 5.69 Å². The first-order chi connectivity index (χ1) is 12.6. The zero-order valence-corrected chi connectivity index (χ0v) is 15.5. The van der Waals surface area contributed by atoms with Gasteiger partial charge in [-0.25, -0.2) is 9.07 Å².